The molecule has 2 bridgehead atoms. The third-order valence-electron chi connectivity index (χ3n) is 5.06. The second-order valence-electron chi connectivity index (χ2n) is 6.23. The van der Waals surface area contributed by atoms with Crippen LogP contribution in [0, 0.1) is 0 Å². The number of hydrogen-bond acceptors (Lipinski definition) is 2. The number of nitrogens with zero attached hydrogens (tertiary/aromatic N) is 1. The number of unbranched alkanes of at least 4 members (excludes halogenated alkanes) is 1. The summed E-state index contributed by atoms with van der Waals surface area (Å²) in [6.07, 6.45) is 6.10. The summed E-state index contributed by atoms with van der Waals surface area (Å²) in [4.78, 5) is 6.28. The maximum atomic E-state index is 5.62. The average molecular weight is 269 g/mol. The van der Waals surface area contributed by atoms with E-state index in [-0.39, 0.29) is 0 Å². The number of nitrogens with one attached hydrogen (secondary N) is 1. The van der Waals surface area contributed by atoms with E-state index in [0.717, 1.165) is 25.3 Å². The maximum absolute atomic E-state index is 5.62. The van der Waals surface area contributed by atoms with E-state index in [4.69, 9.17) is 5.73 Å². The van der Waals surface area contributed by atoms with Gasteiger partial charge in [-0.1, -0.05) is 18.2 Å². The Morgan fingerprint density at radius 1 is 1.20 bits per heavy atom. The second-order valence-corrected chi connectivity index (χ2v) is 6.23. The Kier molecular flexibility index (Phi) is 2.95. The van der Waals surface area contributed by atoms with Gasteiger partial charge in [0.15, 0.2) is 0 Å². The molecular formula is C17H23N3. The van der Waals surface area contributed by atoms with Crippen molar-refractivity contribution in [1.82, 2.24) is 4.98 Å². The predicted molar refractivity (Wildman–Crippen MR) is 84.5 cm³/mol. The summed E-state index contributed by atoms with van der Waals surface area (Å²) in [5.41, 5.74) is 10.1. The molecule has 106 valence electrons. The normalized spacial score (nSPS) is 17.9. The van der Waals surface area contributed by atoms with Crippen LogP contribution in [0.15, 0.2) is 18.2 Å². The first-order chi connectivity index (χ1) is 9.88. The number of fused-ring (bicyclic) bond motifs is 3. The molecule has 3 aliphatic heterocycles. The molecular weight excluding hydrogens is 246 g/mol. The van der Waals surface area contributed by atoms with Gasteiger partial charge in [-0.2, -0.15) is 0 Å². The van der Waals surface area contributed by atoms with Crippen molar-refractivity contribution in [2.45, 2.75) is 38.0 Å². The third-order valence-corrected chi connectivity index (χ3v) is 5.06. The number of benzene rings is 1. The van der Waals surface area contributed by atoms with E-state index in [1.165, 1.54) is 54.6 Å². The quantitative estimate of drug-likeness (QED) is 0.838. The summed E-state index contributed by atoms with van der Waals surface area (Å²) >= 11 is 0. The molecule has 1 aromatic carbocycles. The van der Waals surface area contributed by atoms with Gasteiger partial charge in [0.2, 0.25) is 0 Å². The lowest BCUT2D eigenvalue weighted by Crippen LogP contribution is -2.38. The number of piperidine rings is 1. The van der Waals surface area contributed by atoms with E-state index in [2.05, 4.69) is 28.1 Å². The number of rotatable bonds is 4. The lowest BCUT2D eigenvalue weighted by atomic mass is 9.84. The molecule has 0 atom stereocenters. The van der Waals surface area contributed by atoms with Crippen LogP contribution in [-0.4, -0.2) is 24.6 Å². The fraction of sp³-hybridized carbons (Fsp3) is 0.529. The van der Waals surface area contributed by atoms with Crippen LogP contribution in [-0.2, 0) is 6.42 Å². The first-order valence-corrected chi connectivity index (χ1v) is 7.97. The van der Waals surface area contributed by atoms with Gasteiger partial charge in [-0.15, -0.1) is 0 Å². The van der Waals surface area contributed by atoms with Crippen molar-refractivity contribution in [2.75, 3.05) is 24.5 Å². The van der Waals surface area contributed by atoms with Crippen LogP contribution in [0.4, 0.5) is 5.82 Å². The lowest BCUT2D eigenvalue weighted by Gasteiger charge is -2.40. The molecule has 3 heteroatoms. The molecule has 4 heterocycles. The fourth-order valence-corrected chi connectivity index (χ4v) is 4.01. The predicted octanol–water partition coefficient (Wildman–Crippen LogP) is 3.15. The molecule has 0 radical (unpaired) electrons. The van der Waals surface area contributed by atoms with E-state index in [1.807, 2.05) is 0 Å². The van der Waals surface area contributed by atoms with Crippen LogP contribution in [0.2, 0.25) is 0 Å². The van der Waals surface area contributed by atoms with Crippen LogP contribution >= 0.6 is 0 Å². The van der Waals surface area contributed by atoms with E-state index < -0.39 is 0 Å². The third kappa shape index (κ3) is 1.76. The molecule has 1 fully saturated rings. The average Bonchev–Trinajstić information content (AvgIpc) is 2.91. The van der Waals surface area contributed by atoms with E-state index in [1.54, 1.807) is 5.56 Å². The second kappa shape index (κ2) is 4.81. The number of aryl methyl sites for hydroxylation is 1. The summed E-state index contributed by atoms with van der Waals surface area (Å²) < 4.78 is 0. The van der Waals surface area contributed by atoms with Gasteiger partial charge in [0.25, 0.3) is 0 Å². The van der Waals surface area contributed by atoms with Crippen LogP contribution in [0.25, 0.3) is 10.9 Å². The zero-order valence-electron chi connectivity index (χ0n) is 12.0. The van der Waals surface area contributed by atoms with Gasteiger partial charge >= 0.3 is 0 Å². The standard InChI is InChI=1S/C17H23N3/c18-9-2-1-4-13-5-3-6-14-15-12-7-10-20(11-8-12)17(15)19-16(13)14/h3,5-6,12,19H,1-2,4,7-11,18H2. The van der Waals surface area contributed by atoms with E-state index in [0.29, 0.717) is 0 Å². The monoisotopic (exact) mass is 269 g/mol. The highest BCUT2D eigenvalue weighted by molar-refractivity contribution is 5.92. The van der Waals surface area contributed by atoms with Crippen LogP contribution in [0.1, 0.15) is 42.7 Å². The first kappa shape index (κ1) is 12.3. The van der Waals surface area contributed by atoms with Gasteiger partial charge in [0.1, 0.15) is 5.82 Å². The molecule has 2 aromatic rings. The molecule has 20 heavy (non-hydrogen) atoms. The van der Waals surface area contributed by atoms with Crippen molar-refractivity contribution < 1.29 is 0 Å². The van der Waals surface area contributed by atoms with Crippen molar-refractivity contribution in [2.24, 2.45) is 5.73 Å². The number of H-pyrrole nitrogens is 1. The molecule has 5 rings (SSSR count). The number of aromatic nitrogens is 1. The minimum atomic E-state index is 0.781. The summed E-state index contributed by atoms with van der Waals surface area (Å²) in [6, 6.07) is 6.81. The summed E-state index contributed by atoms with van der Waals surface area (Å²) in [6.45, 7) is 3.26. The minimum absolute atomic E-state index is 0.781. The van der Waals surface area contributed by atoms with Crippen molar-refractivity contribution >= 4 is 16.7 Å². The zero-order valence-corrected chi connectivity index (χ0v) is 12.0. The van der Waals surface area contributed by atoms with Gasteiger partial charge in [0, 0.05) is 24.0 Å². The van der Waals surface area contributed by atoms with Crippen molar-refractivity contribution in [3.63, 3.8) is 0 Å². The number of nitrogens with two attached hydrogens (primary N) is 1. The SMILES string of the molecule is NCCCCc1cccc2c3c([nH]c12)N1CCC3CC1. The Morgan fingerprint density at radius 2 is 2.05 bits per heavy atom. The Balaban J connectivity index is 1.79. The minimum Gasteiger partial charge on any atom is -0.358 e. The zero-order chi connectivity index (χ0) is 13.5. The molecule has 0 saturated carbocycles. The Bertz CT molecular complexity index is 620. The molecule has 1 saturated heterocycles. The van der Waals surface area contributed by atoms with E-state index >= 15 is 0 Å². The highest BCUT2D eigenvalue weighted by Crippen LogP contribution is 2.46. The van der Waals surface area contributed by atoms with Gasteiger partial charge < -0.3 is 15.6 Å². The van der Waals surface area contributed by atoms with Gasteiger partial charge in [0.05, 0.1) is 5.52 Å². The highest BCUT2D eigenvalue weighted by Gasteiger charge is 2.33. The summed E-state index contributed by atoms with van der Waals surface area (Å²) in [5, 5.41) is 1.47. The van der Waals surface area contributed by atoms with E-state index in [9.17, 15) is 0 Å². The number of hydrogen-bond donors (Lipinski definition) is 2. The molecule has 0 unspecified atom stereocenters. The van der Waals surface area contributed by atoms with Crippen LogP contribution < -0.4 is 10.6 Å². The molecule has 3 aliphatic rings. The highest BCUT2D eigenvalue weighted by atomic mass is 15.2. The Hall–Kier alpha value is -1.48. The smallest absolute Gasteiger partial charge is 0.110 e. The summed E-state index contributed by atoms with van der Waals surface area (Å²) in [7, 11) is 0. The fourth-order valence-electron chi connectivity index (χ4n) is 4.01. The molecule has 1 aromatic heterocycles. The van der Waals surface area contributed by atoms with Crippen molar-refractivity contribution in [1.29, 1.82) is 0 Å². The van der Waals surface area contributed by atoms with Crippen molar-refractivity contribution in [3.05, 3.63) is 29.3 Å². The topological polar surface area (TPSA) is 45.1 Å². The number of anilines is 1. The summed E-state index contributed by atoms with van der Waals surface area (Å²) in [5.74, 6) is 2.19. The Labute approximate surface area is 120 Å². The molecule has 0 amide bonds. The molecule has 3 nitrogen and oxygen atoms in total. The molecule has 3 N–H and O–H groups in total. The Morgan fingerprint density at radius 3 is 2.85 bits per heavy atom. The largest absolute Gasteiger partial charge is 0.358 e. The molecule has 0 spiro atoms. The number of aromatic amines is 1. The van der Waals surface area contributed by atoms with Crippen LogP contribution in [0.3, 0.4) is 0 Å². The number of para-hydroxylation sites is 1. The first-order valence-electron chi connectivity index (χ1n) is 7.97. The molecule has 0 aliphatic carbocycles. The maximum Gasteiger partial charge on any atom is 0.110 e. The van der Waals surface area contributed by atoms with Gasteiger partial charge in [-0.05, 0) is 50.1 Å². The van der Waals surface area contributed by atoms with Crippen LogP contribution in [0.5, 0.6) is 0 Å². The van der Waals surface area contributed by atoms with Crippen molar-refractivity contribution in [3.8, 4) is 0 Å². The lowest BCUT2D eigenvalue weighted by molar-refractivity contribution is 0.475. The van der Waals surface area contributed by atoms with Gasteiger partial charge in [-0.25, -0.2) is 0 Å². The van der Waals surface area contributed by atoms with Gasteiger partial charge in [-0.3, -0.25) is 0 Å².